The number of carbonyl (C=O) groups is 1. The summed E-state index contributed by atoms with van der Waals surface area (Å²) in [4.78, 5) is 37.5. The number of likely N-dealkylation sites (N-methyl/N-ethyl adjacent to an activating group) is 1. The summed E-state index contributed by atoms with van der Waals surface area (Å²) in [5.41, 5.74) is 0.110. The lowest BCUT2D eigenvalue weighted by Crippen LogP contribution is -2.44. The zero-order valence-corrected chi connectivity index (χ0v) is 14.9. The van der Waals surface area contributed by atoms with Gasteiger partial charge in [-0.15, -0.1) is 0 Å². The van der Waals surface area contributed by atoms with Crippen LogP contribution < -0.4 is 15.6 Å². The van der Waals surface area contributed by atoms with Crippen molar-refractivity contribution in [2.75, 3.05) is 43.4 Å². The van der Waals surface area contributed by atoms with E-state index >= 15 is 0 Å². The number of amides is 1. The molecule has 0 saturated carbocycles. The fourth-order valence-corrected chi connectivity index (χ4v) is 3.02. The van der Waals surface area contributed by atoms with E-state index in [2.05, 4.69) is 32.1 Å². The molecule has 0 spiro atoms. The average molecular weight is 365 g/mol. The molecule has 1 aromatic carbocycles. The standard InChI is InChI=1S/C19H19N5O3/c1-23-6-8-24(9-7-23)18-11-17(20-12-21-18)22-19(26)16-10-14(25)13-4-2-3-5-15(13)27-16/h2-5,10-12H,6-9H2,1H3,(H,20,21,22,26). The van der Waals surface area contributed by atoms with E-state index in [1.54, 1.807) is 30.3 Å². The van der Waals surface area contributed by atoms with Crippen molar-refractivity contribution in [3.05, 3.63) is 58.7 Å². The number of benzene rings is 1. The minimum atomic E-state index is -0.527. The SMILES string of the molecule is CN1CCN(c2cc(NC(=O)c3cc(=O)c4ccccc4o3)ncn2)CC1. The first kappa shape index (κ1) is 17.2. The quantitative estimate of drug-likeness (QED) is 0.753. The second kappa shape index (κ2) is 7.16. The first-order chi connectivity index (χ1) is 13.1. The summed E-state index contributed by atoms with van der Waals surface area (Å²) in [6.45, 7) is 3.63. The number of anilines is 2. The zero-order valence-electron chi connectivity index (χ0n) is 14.9. The van der Waals surface area contributed by atoms with Gasteiger partial charge in [0.1, 0.15) is 23.5 Å². The Balaban J connectivity index is 1.55. The lowest BCUT2D eigenvalue weighted by Gasteiger charge is -2.33. The van der Waals surface area contributed by atoms with Crippen molar-refractivity contribution < 1.29 is 9.21 Å². The summed E-state index contributed by atoms with van der Waals surface area (Å²) in [7, 11) is 2.08. The van der Waals surface area contributed by atoms with Crippen molar-refractivity contribution in [3.8, 4) is 0 Å². The molecule has 0 bridgehead atoms. The summed E-state index contributed by atoms with van der Waals surface area (Å²) in [6.07, 6.45) is 1.42. The second-order valence-electron chi connectivity index (χ2n) is 6.48. The molecule has 8 nitrogen and oxygen atoms in total. The minimum Gasteiger partial charge on any atom is -0.451 e. The number of para-hydroxylation sites is 1. The third-order valence-corrected chi connectivity index (χ3v) is 4.58. The fraction of sp³-hybridized carbons (Fsp3) is 0.263. The molecule has 1 N–H and O–H groups in total. The lowest BCUT2D eigenvalue weighted by molar-refractivity contribution is 0.0997. The van der Waals surface area contributed by atoms with E-state index in [0.29, 0.717) is 16.8 Å². The van der Waals surface area contributed by atoms with Crippen LogP contribution in [0.3, 0.4) is 0 Å². The maximum absolute atomic E-state index is 12.5. The van der Waals surface area contributed by atoms with Gasteiger partial charge in [0.05, 0.1) is 5.39 Å². The van der Waals surface area contributed by atoms with E-state index in [4.69, 9.17) is 4.42 Å². The highest BCUT2D eigenvalue weighted by Crippen LogP contribution is 2.17. The number of hydrogen-bond donors (Lipinski definition) is 1. The first-order valence-corrected chi connectivity index (χ1v) is 8.70. The van der Waals surface area contributed by atoms with Gasteiger partial charge in [-0.05, 0) is 19.2 Å². The number of hydrogen-bond acceptors (Lipinski definition) is 7. The van der Waals surface area contributed by atoms with Crippen LogP contribution in [0.25, 0.3) is 11.0 Å². The second-order valence-corrected chi connectivity index (χ2v) is 6.48. The summed E-state index contributed by atoms with van der Waals surface area (Å²) in [5.74, 6) is 0.535. The largest absolute Gasteiger partial charge is 0.451 e. The van der Waals surface area contributed by atoms with Crippen LogP contribution in [-0.2, 0) is 0 Å². The Labute approximate surface area is 155 Å². The molecule has 2 aromatic heterocycles. The van der Waals surface area contributed by atoms with Gasteiger partial charge in [0, 0.05) is 38.3 Å². The van der Waals surface area contributed by atoms with Crippen molar-refractivity contribution in [2.24, 2.45) is 0 Å². The van der Waals surface area contributed by atoms with Gasteiger partial charge in [-0.25, -0.2) is 9.97 Å². The van der Waals surface area contributed by atoms with Crippen LogP contribution in [0, 0.1) is 0 Å². The van der Waals surface area contributed by atoms with Crippen molar-refractivity contribution >= 4 is 28.5 Å². The molecule has 0 aliphatic carbocycles. The Bertz CT molecular complexity index is 1040. The number of fused-ring (bicyclic) bond motifs is 1. The molecule has 8 heteroatoms. The maximum Gasteiger partial charge on any atom is 0.292 e. The topological polar surface area (TPSA) is 91.6 Å². The molecule has 138 valence electrons. The third kappa shape index (κ3) is 3.65. The molecule has 1 fully saturated rings. The summed E-state index contributed by atoms with van der Waals surface area (Å²) in [6, 6.07) is 9.74. The molecule has 3 heterocycles. The van der Waals surface area contributed by atoms with Gasteiger partial charge in [-0.3, -0.25) is 9.59 Å². The maximum atomic E-state index is 12.5. The molecule has 0 radical (unpaired) electrons. The number of piperazine rings is 1. The summed E-state index contributed by atoms with van der Waals surface area (Å²) in [5, 5.41) is 3.12. The van der Waals surface area contributed by atoms with Crippen molar-refractivity contribution in [1.29, 1.82) is 0 Å². The lowest BCUT2D eigenvalue weighted by atomic mass is 10.2. The Morgan fingerprint density at radius 2 is 1.89 bits per heavy atom. The van der Waals surface area contributed by atoms with E-state index in [1.807, 2.05) is 0 Å². The van der Waals surface area contributed by atoms with E-state index in [9.17, 15) is 9.59 Å². The monoisotopic (exact) mass is 365 g/mol. The predicted molar refractivity (Wildman–Crippen MR) is 102 cm³/mol. The van der Waals surface area contributed by atoms with Crippen molar-refractivity contribution in [3.63, 3.8) is 0 Å². The van der Waals surface area contributed by atoms with E-state index in [1.165, 1.54) is 12.4 Å². The van der Waals surface area contributed by atoms with E-state index in [-0.39, 0.29) is 11.2 Å². The smallest absolute Gasteiger partial charge is 0.292 e. The number of nitrogens with zero attached hydrogens (tertiary/aromatic N) is 4. The van der Waals surface area contributed by atoms with Crippen LogP contribution in [0.1, 0.15) is 10.6 Å². The highest BCUT2D eigenvalue weighted by atomic mass is 16.3. The Kier molecular flexibility index (Phi) is 4.55. The third-order valence-electron chi connectivity index (χ3n) is 4.58. The molecule has 4 rings (SSSR count). The Hall–Kier alpha value is -3.26. The van der Waals surface area contributed by atoms with Gasteiger partial charge in [0.15, 0.2) is 11.2 Å². The van der Waals surface area contributed by atoms with Crippen LogP contribution in [0.5, 0.6) is 0 Å². The molecule has 0 unspecified atom stereocenters. The molecule has 1 saturated heterocycles. The number of nitrogens with one attached hydrogen (secondary N) is 1. The van der Waals surface area contributed by atoms with Crippen molar-refractivity contribution in [2.45, 2.75) is 0 Å². The fourth-order valence-electron chi connectivity index (χ4n) is 3.02. The molecule has 1 aliphatic heterocycles. The van der Waals surface area contributed by atoms with E-state index in [0.717, 1.165) is 32.0 Å². The van der Waals surface area contributed by atoms with Crippen LogP contribution in [0.4, 0.5) is 11.6 Å². The van der Waals surface area contributed by atoms with Crippen LogP contribution in [-0.4, -0.2) is 54.0 Å². The van der Waals surface area contributed by atoms with Gasteiger partial charge in [0.2, 0.25) is 0 Å². The first-order valence-electron chi connectivity index (χ1n) is 8.70. The van der Waals surface area contributed by atoms with Crippen LogP contribution >= 0.6 is 0 Å². The highest BCUT2D eigenvalue weighted by molar-refractivity contribution is 6.02. The zero-order chi connectivity index (χ0) is 18.8. The summed E-state index contributed by atoms with van der Waals surface area (Å²) >= 11 is 0. The predicted octanol–water partition coefficient (Wildman–Crippen LogP) is 1.59. The molecule has 1 aliphatic rings. The summed E-state index contributed by atoms with van der Waals surface area (Å²) < 4.78 is 5.56. The molecular weight excluding hydrogens is 346 g/mol. The average Bonchev–Trinajstić information content (AvgIpc) is 2.69. The van der Waals surface area contributed by atoms with E-state index < -0.39 is 5.91 Å². The van der Waals surface area contributed by atoms with Gasteiger partial charge in [-0.1, -0.05) is 12.1 Å². The molecule has 27 heavy (non-hydrogen) atoms. The number of rotatable bonds is 3. The molecule has 0 atom stereocenters. The van der Waals surface area contributed by atoms with Gasteiger partial charge >= 0.3 is 0 Å². The number of carbonyl (C=O) groups excluding carboxylic acids is 1. The number of aromatic nitrogens is 2. The molecule has 1 amide bonds. The Morgan fingerprint density at radius 1 is 1.11 bits per heavy atom. The van der Waals surface area contributed by atoms with Crippen LogP contribution in [0.15, 0.2) is 51.9 Å². The van der Waals surface area contributed by atoms with Crippen LogP contribution in [0.2, 0.25) is 0 Å². The molecule has 3 aromatic rings. The minimum absolute atomic E-state index is 0.0570. The normalized spacial score (nSPS) is 15.1. The van der Waals surface area contributed by atoms with Crippen molar-refractivity contribution in [1.82, 2.24) is 14.9 Å². The molecular formula is C19H19N5O3. The van der Waals surface area contributed by atoms with Gasteiger partial charge in [-0.2, -0.15) is 0 Å². The highest BCUT2D eigenvalue weighted by Gasteiger charge is 2.17. The Morgan fingerprint density at radius 3 is 2.70 bits per heavy atom. The van der Waals surface area contributed by atoms with Gasteiger partial charge in [0.25, 0.3) is 5.91 Å². The van der Waals surface area contributed by atoms with Gasteiger partial charge < -0.3 is 19.5 Å².